The van der Waals surface area contributed by atoms with Crippen molar-refractivity contribution in [3.8, 4) is 11.3 Å². The molecule has 6 nitrogen and oxygen atoms in total. The van der Waals surface area contributed by atoms with E-state index in [9.17, 15) is 14.7 Å². The van der Waals surface area contributed by atoms with Gasteiger partial charge in [0.05, 0.1) is 16.8 Å². The molecule has 5 rings (SSSR count). The molecule has 1 aromatic heterocycles. The molecule has 3 aromatic rings. The van der Waals surface area contributed by atoms with Gasteiger partial charge >= 0.3 is 5.97 Å². The van der Waals surface area contributed by atoms with Crippen LogP contribution in [0.25, 0.3) is 22.2 Å². The molecule has 0 atom stereocenters. The van der Waals surface area contributed by atoms with E-state index in [1.807, 2.05) is 35.2 Å². The highest BCUT2D eigenvalue weighted by Gasteiger charge is 2.30. The lowest BCUT2D eigenvalue weighted by molar-refractivity contribution is -0.133. The minimum Gasteiger partial charge on any atom is -0.478 e. The maximum Gasteiger partial charge on any atom is 0.335 e. The van der Waals surface area contributed by atoms with Crippen LogP contribution < -0.4 is 0 Å². The van der Waals surface area contributed by atoms with Crippen LogP contribution in [0.1, 0.15) is 80.6 Å². The first-order valence-electron chi connectivity index (χ1n) is 14.6. The van der Waals surface area contributed by atoms with Gasteiger partial charge in [-0.3, -0.25) is 9.69 Å². The zero-order valence-corrected chi connectivity index (χ0v) is 23.9. The molecule has 2 heterocycles. The minimum absolute atomic E-state index is 0.0854. The van der Waals surface area contributed by atoms with Crippen LogP contribution in [0.15, 0.2) is 42.5 Å². The van der Waals surface area contributed by atoms with Crippen molar-refractivity contribution < 1.29 is 14.7 Å². The third-order valence-electron chi connectivity index (χ3n) is 8.90. The monoisotopic (exact) mass is 549 g/mol. The second-order valence-electron chi connectivity index (χ2n) is 11.1. The first-order valence-corrected chi connectivity index (χ1v) is 15.0. The van der Waals surface area contributed by atoms with E-state index < -0.39 is 5.97 Å². The number of hydrogen-bond donors (Lipinski definition) is 1. The van der Waals surface area contributed by atoms with E-state index in [1.54, 1.807) is 12.1 Å². The number of aromatic nitrogens is 1. The zero-order valence-electron chi connectivity index (χ0n) is 23.2. The molecule has 2 aliphatic rings. The molecule has 1 aliphatic carbocycles. The average Bonchev–Trinajstić information content (AvgIpc) is 3.28. The molecular weight excluding hydrogens is 510 g/mol. The molecule has 2 fully saturated rings. The van der Waals surface area contributed by atoms with Gasteiger partial charge in [0.2, 0.25) is 5.91 Å². The van der Waals surface area contributed by atoms with Crippen molar-refractivity contribution in [3.63, 3.8) is 0 Å². The number of fused-ring (bicyclic) bond motifs is 1. The predicted molar refractivity (Wildman–Crippen MR) is 158 cm³/mol. The topological polar surface area (TPSA) is 65.8 Å². The smallest absolute Gasteiger partial charge is 0.335 e. The van der Waals surface area contributed by atoms with Gasteiger partial charge in [-0.15, -0.1) is 0 Å². The standard InChI is InChI=1S/C32H40ClN3O3/c1-3-26(4-2)34-16-18-35(19-17-34)29(37)21-36-28-20-24(32(38)39)12-15-27(28)30(22-8-6-5-7-9-22)31(36)23-10-13-25(33)14-11-23/h10-15,20,22,26H,3-9,16-19,21H2,1-2H3,(H,38,39). The van der Waals surface area contributed by atoms with Crippen LogP contribution in [-0.4, -0.2) is 63.6 Å². The maximum atomic E-state index is 13.8. The van der Waals surface area contributed by atoms with Crippen molar-refractivity contribution in [3.05, 3.63) is 58.6 Å². The fourth-order valence-corrected chi connectivity index (χ4v) is 6.90. The van der Waals surface area contributed by atoms with Gasteiger partial charge in [0.15, 0.2) is 0 Å². The Labute approximate surface area is 236 Å². The third-order valence-corrected chi connectivity index (χ3v) is 9.15. The molecule has 0 radical (unpaired) electrons. The molecule has 1 saturated carbocycles. The fraction of sp³-hybridized carbons (Fsp3) is 0.500. The van der Waals surface area contributed by atoms with Crippen LogP contribution in [0, 0.1) is 0 Å². The van der Waals surface area contributed by atoms with Crippen LogP contribution in [0.2, 0.25) is 5.02 Å². The number of carboxylic acid groups (broad SMARTS) is 1. The number of piperazine rings is 1. The first kappa shape index (κ1) is 27.7. The van der Waals surface area contributed by atoms with Gasteiger partial charge in [-0.2, -0.15) is 0 Å². The Hall–Kier alpha value is -2.83. The summed E-state index contributed by atoms with van der Waals surface area (Å²) in [6, 6.07) is 13.8. The van der Waals surface area contributed by atoms with Crippen LogP contribution in [0.5, 0.6) is 0 Å². The summed E-state index contributed by atoms with van der Waals surface area (Å²) in [6.07, 6.45) is 8.07. The SMILES string of the molecule is CCC(CC)N1CCN(C(=O)Cn2c(-c3ccc(Cl)cc3)c(C3CCCCC3)c3ccc(C(=O)O)cc32)CC1. The number of carbonyl (C=O) groups is 2. The summed E-state index contributed by atoms with van der Waals surface area (Å²) < 4.78 is 2.09. The molecule has 1 amide bonds. The van der Waals surface area contributed by atoms with Crippen LogP contribution >= 0.6 is 11.6 Å². The number of carbonyl (C=O) groups excluding carboxylic acids is 1. The summed E-state index contributed by atoms with van der Waals surface area (Å²) >= 11 is 6.27. The highest BCUT2D eigenvalue weighted by atomic mass is 35.5. The molecule has 1 saturated heterocycles. The largest absolute Gasteiger partial charge is 0.478 e. The van der Waals surface area contributed by atoms with Crippen molar-refractivity contribution in [2.75, 3.05) is 26.2 Å². The number of carboxylic acids is 1. The van der Waals surface area contributed by atoms with Crippen molar-refractivity contribution in [2.45, 2.75) is 77.3 Å². The van der Waals surface area contributed by atoms with Crippen LogP contribution in [0.3, 0.4) is 0 Å². The van der Waals surface area contributed by atoms with Crippen molar-refractivity contribution in [1.29, 1.82) is 0 Å². The van der Waals surface area contributed by atoms with Gasteiger partial charge < -0.3 is 14.6 Å². The van der Waals surface area contributed by atoms with Gasteiger partial charge in [-0.05, 0) is 67.0 Å². The van der Waals surface area contributed by atoms with Crippen molar-refractivity contribution >= 4 is 34.4 Å². The summed E-state index contributed by atoms with van der Waals surface area (Å²) in [5.74, 6) is -0.495. The number of rotatable bonds is 8. The third kappa shape index (κ3) is 5.73. The Morgan fingerprint density at radius 2 is 1.62 bits per heavy atom. The maximum absolute atomic E-state index is 13.8. The van der Waals surface area contributed by atoms with Crippen molar-refractivity contribution in [2.24, 2.45) is 0 Å². The van der Waals surface area contributed by atoms with E-state index in [1.165, 1.54) is 24.8 Å². The van der Waals surface area contributed by atoms with Gasteiger partial charge in [0.25, 0.3) is 0 Å². The highest BCUT2D eigenvalue weighted by Crippen LogP contribution is 2.44. The second kappa shape index (κ2) is 12.1. The van der Waals surface area contributed by atoms with Gasteiger partial charge in [-0.25, -0.2) is 4.79 Å². The molecule has 0 bridgehead atoms. The Bertz CT molecular complexity index is 1310. The fourth-order valence-electron chi connectivity index (χ4n) is 6.77. The molecule has 7 heteroatoms. The molecule has 39 heavy (non-hydrogen) atoms. The van der Waals surface area contributed by atoms with E-state index in [0.717, 1.165) is 74.0 Å². The molecule has 208 valence electrons. The summed E-state index contributed by atoms with van der Waals surface area (Å²) in [4.78, 5) is 30.3. The number of benzene rings is 2. The average molecular weight is 550 g/mol. The summed E-state index contributed by atoms with van der Waals surface area (Å²) in [5.41, 5.74) is 4.35. The molecule has 0 spiro atoms. The van der Waals surface area contributed by atoms with E-state index in [0.29, 0.717) is 17.0 Å². The number of aromatic carboxylic acids is 1. The molecular formula is C32H40ClN3O3. The Morgan fingerprint density at radius 1 is 0.949 bits per heavy atom. The zero-order chi connectivity index (χ0) is 27.5. The number of nitrogens with zero attached hydrogens (tertiary/aromatic N) is 3. The second-order valence-corrected chi connectivity index (χ2v) is 11.6. The molecule has 2 aromatic carbocycles. The van der Waals surface area contributed by atoms with Gasteiger partial charge in [-0.1, -0.05) is 62.9 Å². The summed E-state index contributed by atoms with van der Waals surface area (Å²) in [6.45, 7) is 7.89. The molecule has 1 aliphatic heterocycles. The molecule has 1 N–H and O–H groups in total. The van der Waals surface area contributed by atoms with Crippen LogP contribution in [-0.2, 0) is 11.3 Å². The quantitative estimate of drug-likeness (QED) is 0.327. The lowest BCUT2D eigenvalue weighted by atomic mass is 9.82. The predicted octanol–water partition coefficient (Wildman–Crippen LogP) is 7.04. The number of amides is 1. The Morgan fingerprint density at radius 3 is 2.23 bits per heavy atom. The number of halogens is 1. The van der Waals surface area contributed by atoms with Gasteiger partial charge in [0.1, 0.15) is 6.54 Å². The highest BCUT2D eigenvalue weighted by molar-refractivity contribution is 6.30. The molecule has 0 unspecified atom stereocenters. The van der Waals surface area contributed by atoms with E-state index >= 15 is 0 Å². The van der Waals surface area contributed by atoms with Gasteiger partial charge in [0, 0.05) is 42.6 Å². The first-order chi connectivity index (χ1) is 18.9. The van der Waals surface area contributed by atoms with E-state index in [2.05, 4.69) is 23.3 Å². The Kier molecular flexibility index (Phi) is 8.63. The normalized spacial score (nSPS) is 17.3. The lowest BCUT2D eigenvalue weighted by Crippen LogP contribution is -2.52. The van der Waals surface area contributed by atoms with Crippen molar-refractivity contribution in [1.82, 2.24) is 14.4 Å². The summed E-state index contributed by atoms with van der Waals surface area (Å²) in [5, 5.41) is 11.5. The minimum atomic E-state index is -0.958. The summed E-state index contributed by atoms with van der Waals surface area (Å²) in [7, 11) is 0. The van der Waals surface area contributed by atoms with E-state index in [4.69, 9.17) is 11.6 Å². The van der Waals surface area contributed by atoms with E-state index in [-0.39, 0.29) is 18.0 Å². The van der Waals surface area contributed by atoms with Crippen LogP contribution in [0.4, 0.5) is 0 Å². The number of hydrogen-bond acceptors (Lipinski definition) is 3. The lowest BCUT2D eigenvalue weighted by Gasteiger charge is -2.39. The Balaban J connectivity index is 1.57.